The van der Waals surface area contributed by atoms with Crippen LogP contribution in [-0.2, 0) is 0 Å². The van der Waals surface area contributed by atoms with Gasteiger partial charge in [0, 0.05) is 26.8 Å². The molecule has 10 aromatic rings. The predicted octanol–water partition coefficient (Wildman–Crippen LogP) is 15.3. The smallest absolute Gasteiger partial charge is 0.0646 e. The summed E-state index contributed by atoms with van der Waals surface area (Å²) in [6.45, 7) is 0. The molecular formula is C52H35NS. The minimum absolute atomic E-state index is 1.12. The van der Waals surface area contributed by atoms with Gasteiger partial charge in [0.2, 0.25) is 0 Å². The third-order valence-corrected chi connectivity index (χ3v) is 11.7. The fourth-order valence-corrected chi connectivity index (χ4v) is 8.85. The predicted molar refractivity (Wildman–Crippen MR) is 233 cm³/mol. The third kappa shape index (κ3) is 5.93. The van der Waals surface area contributed by atoms with E-state index < -0.39 is 0 Å². The lowest BCUT2D eigenvalue weighted by Gasteiger charge is -2.27. The van der Waals surface area contributed by atoms with E-state index in [-0.39, 0.29) is 0 Å². The Labute approximate surface area is 319 Å². The topological polar surface area (TPSA) is 3.24 Å². The Morgan fingerprint density at radius 2 is 0.778 bits per heavy atom. The molecule has 0 N–H and O–H groups in total. The van der Waals surface area contributed by atoms with Crippen molar-refractivity contribution in [2.24, 2.45) is 0 Å². The van der Waals surface area contributed by atoms with Crippen molar-refractivity contribution in [3.63, 3.8) is 0 Å². The minimum atomic E-state index is 1.12. The van der Waals surface area contributed by atoms with Crippen LogP contribution < -0.4 is 4.90 Å². The summed E-state index contributed by atoms with van der Waals surface area (Å²) in [5, 5.41) is 5.07. The molecule has 0 radical (unpaired) electrons. The number of anilines is 3. The van der Waals surface area contributed by atoms with Gasteiger partial charge in [-0.2, -0.15) is 0 Å². The normalized spacial score (nSPS) is 11.3. The summed E-state index contributed by atoms with van der Waals surface area (Å²) in [7, 11) is 0. The fraction of sp³-hybridized carbons (Fsp3) is 0. The van der Waals surface area contributed by atoms with Crippen LogP contribution in [0.2, 0.25) is 0 Å². The van der Waals surface area contributed by atoms with Crippen molar-refractivity contribution in [2.45, 2.75) is 0 Å². The van der Waals surface area contributed by atoms with E-state index in [4.69, 9.17) is 0 Å². The molecule has 1 heterocycles. The molecule has 2 heteroatoms. The summed E-state index contributed by atoms with van der Waals surface area (Å²) in [6, 6.07) is 77.1. The zero-order chi connectivity index (χ0) is 35.8. The van der Waals surface area contributed by atoms with Crippen molar-refractivity contribution < 1.29 is 0 Å². The summed E-state index contributed by atoms with van der Waals surface area (Å²) in [6.07, 6.45) is 0. The van der Waals surface area contributed by atoms with Gasteiger partial charge < -0.3 is 4.90 Å². The Kier molecular flexibility index (Phi) is 8.09. The lowest BCUT2D eigenvalue weighted by Crippen LogP contribution is -2.10. The highest BCUT2D eigenvalue weighted by Gasteiger charge is 2.20. The van der Waals surface area contributed by atoms with Crippen LogP contribution >= 0.6 is 11.3 Å². The maximum absolute atomic E-state index is 2.42. The van der Waals surface area contributed by atoms with Gasteiger partial charge in [0.15, 0.2) is 0 Å². The van der Waals surface area contributed by atoms with Crippen molar-refractivity contribution in [2.75, 3.05) is 4.90 Å². The first-order valence-corrected chi connectivity index (χ1v) is 19.2. The largest absolute Gasteiger partial charge is 0.309 e. The number of rotatable bonds is 7. The van der Waals surface area contributed by atoms with Gasteiger partial charge in [-0.1, -0.05) is 164 Å². The highest BCUT2D eigenvalue weighted by Crippen LogP contribution is 2.47. The average Bonchev–Trinajstić information content (AvgIpc) is 3.64. The van der Waals surface area contributed by atoms with Crippen LogP contribution in [0, 0.1) is 0 Å². The molecule has 0 fully saturated rings. The molecule has 54 heavy (non-hydrogen) atoms. The lowest BCUT2D eigenvalue weighted by atomic mass is 9.97. The number of hydrogen-bond donors (Lipinski definition) is 0. The first kappa shape index (κ1) is 32.0. The zero-order valence-electron chi connectivity index (χ0n) is 29.6. The van der Waals surface area contributed by atoms with Gasteiger partial charge in [-0.15, -0.1) is 11.3 Å². The molecule has 0 unspecified atom stereocenters. The Hall–Kier alpha value is -6.74. The van der Waals surface area contributed by atoms with Crippen LogP contribution in [0.3, 0.4) is 0 Å². The van der Waals surface area contributed by atoms with Crippen molar-refractivity contribution in [1.29, 1.82) is 0 Å². The van der Waals surface area contributed by atoms with Crippen LogP contribution in [0.25, 0.3) is 75.5 Å². The van der Waals surface area contributed by atoms with E-state index in [1.54, 1.807) is 0 Å². The van der Waals surface area contributed by atoms with Gasteiger partial charge in [0.1, 0.15) is 0 Å². The molecule has 254 valence electrons. The maximum atomic E-state index is 2.42. The molecule has 0 bridgehead atoms. The SMILES string of the molecule is c1ccc(-c2ccc(-c3ccc(-c4ccc(N(c5ccccc5)c5cc(-c6ccc7ccccc7c6)cc6c5sc5ccccc56)cc4)cc3)cc2)cc1. The molecule has 0 aliphatic carbocycles. The molecule has 0 aliphatic rings. The summed E-state index contributed by atoms with van der Waals surface area (Å²) in [5.74, 6) is 0. The average molecular weight is 706 g/mol. The highest BCUT2D eigenvalue weighted by molar-refractivity contribution is 7.26. The molecule has 9 aromatic carbocycles. The van der Waals surface area contributed by atoms with Gasteiger partial charge in [0.25, 0.3) is 0 Å². The molecule has 0 atom stereocenters. The van der Waals surface area contributed by atoms with Gasteiger partial charge in [-0.25, -0.2) is 0 Å². The van der Waals surface area contributed by atoms with Gasteiger partial charge in [-0.05, 0) is 104 Å². The monoisotopic (exact) mass is 705 g/mol. The van der Waals surface area contributed by atoms with Crippen molar-refractivity contribution in [1.82, 2.24) is 0 Å². The molecule has 0 spiro atoms. The fourth-order valence-electron chi connectivity index (χ4n) is 7.66. The molecular weight excluding hydrogens is 671 g/mol. The number of nitrogens with zero attached hydrogens (tertiary/aromatic N) is 1. The Morgan fingerprint density at radius 1 is 0.296 bits per heavy atom. The Bertz CT molecular complexity index is 2890. The number of para-hydroxylation sites is 1. The molecule has 0 amide bonds. The Balaban J connectivity index is 1.04. The van der Waals surface area contributed by atoms with Gasteiger partial charge >= 0.3 is 0 Å². The van der Waals surface area contributed by atoms with E-state index in [0.29, 0.717) is 0 Å². The van der Waals surface area contributed by atoms with E-state index in [1.807, 2.05) is 11.3 Å². The summed E-state index contributed by atoms with van der Waals surface area (Å²) >= 11 is 1.87. The summed E-state index contributed by atoms with van der Waals surface area (Å²) in [4.78, 5) is 2.42. The van der Waals surface area contributed by atoms with Crippen molar-refractivity contribution in [3.8, 4) is 44.5 Å². The van der Waals surface area contributed by atoms with Crippen LogP contribution in [-0.4, -0.2) is 0 Å². The standard InChI is InChI=1S/C52H35NS/c1-3-11-36(12-4-1)38-19-21-39(22-20-38)40-23-25-41(26-24-40)42-29-31-47(32-30-42)53(46-15-5-2-6-16-46)50-35-45(44-28-27-37-13-7-8-14-43(37)33-44)34-49-48-17-9-10-18-51(48)54-52(49)50/h1-35H. The van der Waals surface area contributed by atoms with Gasteiger partial charge in [0.05, 0.1) is 10.4 Å². The van der Waals surface area contributed by atoms with Crippen molar-refractivity contribution >= 4 is 59.3 Å². The van der Waals surface area contributed by atoms with E-state index >= 15 is 0 Å². The second-order valence-electron chi connectivity index (χ2n) is 13.8. The molecule has 1 nitrogen and oxygen atoms in total. The molecule has 1 aromatic heterocycles. The number of benzene rings is 9. The molecule has 0 saturated carbocycles. The molecule has 10 rings (SSSR count). The summed E-state index contributed by atoms with van der Waals surface area (Å²) < 4.78 is 2.57. The molecule has 0 saturated heterocycles. The lowest BCUT2D eigenvalue weighted by molar-refractivity contribution is 1.30. The Morgan fingerprint density at radius 3 is 1.43 bits per heavy atom. The quantitative estimate of drug-likeness (QED) is 0.160. The number of thiophene rings is 1. The second kappa shape index (κ2) is 13.7. The van der Waals surface area contributed by atoms with Crippen LogP contribution in [0.1, 0.15) is 0 Å². The summed E-state index contributed by atoms with van der Waals surface area (Å²) in [5.41, 5.74) is 13.1. The maximum Gasteiger partial charge on any atom is 0.0646 e. The third-order valence-electron chi connectivity index (χ3n) is 10.5. The van der Waals surface area contributed by atoms with Crippen molar-refractivity contribution in [3.05, 3.63) is 212 Å². The van der Waals surface area contributed by atoms with Crippen LogP contribution in [0.15, 0.2) is 212 Å². The zero-order valence-corrected chi connectivity index (χ0v) is 30.4. The first-order valence-electron chi connectivity index (χ1n) is 18.4. The second-order valence-corrected chi connectivity index (χ2v) is 14.8. The van der Waals surface area contributed by atoms with E-state index in [2.05, 4.69) is 217 Å². The van der Waals surface area contributed by atoms with E-state index in [0.717, 1.165) is 11.4 Å². The number of fused-ring (bicyclic) bond motifs is 4. The minimum Gasteiger partial charge on any atom is -0.309 e. The van der Waals surface area contributed by atoms with Gasteiger partial charge in [-0.3, -0.25) is 0 Å². The number of hydrogen-bond acceptors (Lipinski definition) is 2. The van der Waals surface area contributed by atoms with Crippen LogP contribution in [0.5, 0.6) is 0 Å². The molecule has 0 aliphatic heterocycles. The first-order chi connectivity index (χ1) is 26.7. The van der Waals surface area contributed by atoms with E-state index in [1.165, 1.54) is 81.1 Å². The van der Waals surface area contributed by atoms with Crippen LogP contribution in [0.4, 0.5) is 17.1 Å². The highest BCUT2D eigenvalue weighted by atomic mass is 32.1. The van der Waals surface area contributed by atoms with E-state index in [9.17, 15) is 0 Å².